The number of hydrogen-bond donors (Lipinski definition) is 1. The van der Waals surface area contributed by atoms with Crippen LogP contribution in [0.3, 0.4) is 0 Å². The van der Waals surface area contributed by atoms with Crippen molar-refractivity contribution in [3.8, 4) is 0 Å². The largest absolute Gasteiger partial charge is 0.478 e. The van der Waals surface area contributed by atoms with Gasteiger partial charge in [-0.2, -0.15) is 0 Å². The molecule has 13 heavy (non-hydrogen) atoms. The molecule has 0 amide bonds. The quantitative estimate of drug-likeness (QED) is 0.671. The van der Waals surface area contributed by atoms with Crippen LogP contribution in [0.15, 0.2) is 30.3 Å². The Morgan fingerprint density at radius 3 is 2.54 bits per heavy atom. The Bertz CT molecular complexity index is 323. The van der Waals surface area contributed by atoms with E-state index in [9.17, 15) is 4.79 Å². The molecule has 2 nitrogen and oxygen atoms in total. The van der Waals surface area contributed by atoms with Crippen LogP contribution in [0.1, 0.15) is 5.56 Å². The van der Waals surface area contributed by atoms with Crippen LogP contribution in [0.25, 0.3) is 6.08 Å². The van der Waals surface area contributed by atoms with E-state index in [4.69, 9.17) is 16.7 Å². The van der Waals surface area contributed by atoms with Gasteiger partial charge in [-0.05, 0) is 17.7 Å². The first kappa shape index (κ1) is 12.5. The molecular formula is C9H7AgClO2. The number of carbonyl (C=O) groups is 1. The van der Waals surface area contributed by atoms with E-state index in [0.717, 1.165) is 6.08 Å². The van der Waals surface area contributed by atoms with Crippen molar-refractivity contribution in [2.24, 2.45) is 0 Å². The molecule has 0 unspecified atom stereocenters. The van der Waals surface area contributed by atoms with Crippen molar-refractivity contribution in [1.82, 2.24) is 0 Å². The number of hydrogen-bond acceptors (Lipinski definition) is 1. The van der Waals surface area contributed by atoms with Crippen molar-refractivity contribution in [2.75, 3.05) is 0 Å². The molecule has 0 atom stereocenters. The first-order chi connectivity index (χ1) is 5.70. The fourth-order valence-electron chi connectivity index (χ4n) is 0.771. The van der Waals surface area contributed by atoms with Crippen molar-refractivity contribution < 1.29 is 32.3 Å². The van der Waals surface area contributed by atoms with Crippen LogP contribution in [-0.2, 0) is 27.2 Å². The minimum Gasteiger partial charge on any atom is -0.478 e. The average molecular weight is 290 g/mol. The smallest absolute Gasteiger partial charge is 0.328 e. The van der Waals surface area contributed by atoms with Gasteiger partial charge in [0.1, 0.15) is 0 Å². The van der Waals surface area contributed by atoms with Crippen LogP contribution in [0.2, 0.25) is 5.02 Å². The predicted molar refractivity (Wildman–Crippen MR) is 48.1 cm³/mol. The molecule has 0 fully saturated rings. The van der Waals surface area contributed by atoms with Crippen molar-refractivity contribution in [3.05, 3.63) is 40.9 Å². The van der Waals surface area contributed by atoms with Crippen LogP contribution in [0.5, 0.6) is 0 Å². The van der Waals surface area contributed by atoms with Crippen molar-refractivity contribution in [2.45, 2.75) is 0 Å². The molecule has 0 heterocycles. The SMILES string of the molecule is O=C(O)/C=C/c1ccccc1Cl.[Ag]. The van der Waals surface area contributed by atoms with Gasteiger partial charge in [-0.1, -0.05) is 29.8 Å². The normalized spacial score (nSPS) is 9.62. The van der Waals surface area contributed by atoms with Crippen molar-refractivity contribution in [1.29, 1.82) is 0 Å². The van der Waals surface area contributed by atoms with Crippen LogP contribution in [-0.4, -0.2) is 11.1 Å². The monoisotopic (exact) mass is 289 g/mol. The molecule has 0 aliphatic rings. The summed E-state index contributed by atoms with van der Waals surface area (Å²) in [5.74, 6) is -0.977. The molecule has 0 spiro atoms. The molecule has 0 aromatic heterocycles. The van der Waals surface area contributed by atoms with Crippen LogP contribution < -0.4 is 0 Å². The summed E-state index contributed by atoms with van der Waals surface area (Å²) in [6, 6.07) is 7.05. The maximum absolute atomic E-state index is 10.2. The molecule has 1 radical (unpaired) electrons. The minimum atomic E-state index is -0.977. The Balaban J connectivity index is 0.00000144. The van der Waals surface area contributed by atoms with E-state index in [2.05, 4.69) is 0 Å². The zero-order valence-electron chi connectivity index (χ0n) is 6.50. The van der Waals surface area contributed by atoms with Gasteiger partial charge in [0.05, 0.1) is 0 Å². The molecular weight excluding hydrogens is 283 g/mol. The second kappa shape index (κ2) is 6.00. The van der Waals surface area contributed by atoms with Gasteiger partial charge in [-0.15, -0.1) is 0 Å². The molecule has 73 valence electrons. The molecule has 4 heteroatoms. The molecule has 0 bridgehead atoms. The van der Waals surface area contributed by atoms with Crippen LogP contribution in [0.4, 0.5) is 0 Å². The standard InChI is InChI=1S/C9H7ClO2.Ag/c10-8-4-2-1-3-7(8)5-6-9(11)12;/h1-6H,(H,11,12);/b6-5+;. The fourth-order valence-corrected chi connectivity index (χ4v) is 0.970. The summed E-state index contributed by atoms with van der Waals surface area (Å²) in [6.45, 7) is 0. The maximum Gasteiger partial charge on any atom is 0.328 e. The summed E-state index contributed by atoms with van der Waals surface area (Å²) in [7, 11) is 0. The number of benzene rings is 1. The van der Waals surface area contributed by atoms with Gasteiger partial charge in [-0.25, -0.2) is 4.79 Å². The number of carboxylic acids is 1. The Morgan fingerprint density at radius 2 is 2.00 bits per heavy atom. The molecule has 1 N–H and O–H groups in total. The molecule has 1 aromatic carbocycles. The van der Waals surface area contributed by atoms with Crippen LogP contribution in [0, 0.1) is 0 Å². The zero-order valence-corrected chi connectivity index (χ0v) is 8.74. The van der Waals surface area contributed by atoms with Crippen LogP contribution >= 0.6 is 11.6 Å². The molecule has 1 rings (SSSR count). The molecule has 0 saturated heterocycles. The number of rotatable bonds is 2. The molecule has 0 aliphatic heterocycles. The Kier molecular flexibility index (Phi) is 5.75. The summed E-state index contributed by atoms with van der Waals surface area (Å²) in [4.78, 5) is 10.2. The molecule has 0 saturated carbocycles. The van der Waals surface area contributed by atoms with Gasteiger partial charge in [0, 0.05) is 33.5 Å². The second-order valence-corrected chi connectivity index (χ2v) is 2.60. The second-order valence-electron chi connectivity index (χ2n) is 2.19. The van der Waals surface area contributed by atoms with E-state index in [1.54, 1.807) is 24.3 Å². The summed E-state index contributed by atoms with van der Waals surface area (Å²) in [5, 5.41) is 8.89. The van der Waals surface area contributed by atoms with E-state index in [0.29, 0.717) is 10.6 Å². The van der Waals surface area contributed by atoms with Gasteiger partial charge < -0.3 is 5.11 Å². The Hall–Kier alpha value is -0.540. The van der Waals surface area contributed by atoms with E-state index in [-0.39, 0.29) is 22.4 Å². The summed E-state index contributed by atoms with van der Waals surface area (Å²) < 4.78 is 0. The van der Waals surface area contributed by atoms with Crippen molar-refractivity contribution in [3.63, 3.8) is 0 Å². The first-order valence-electron chi connectivity index (χ1n) is 3.35. The van der Waals surface area contributed by atoms with E-state index < -0.39 is 5.97 Å². The van der Waals surface area contributed by atoms with E-state index in [1.807, 2.05) is 0 Å². The minimum absolute atomic E-state index is 0. The van der Waals surface area contributed by atoms with Gasteiger partial charge in [0.15, 0.2) is 0 Å². The van der Waals surface area contributed by atoms with Crippen molar-refractivity contribution >= 4 is 23.6 Å². The molecule has 0 aliphatic carbocycles. The predicted octanol–water partition coefficient (Wildman–Crippen LogP) is 2.44. The Labute approximate surface area is 96.7 Å². The van der Waals surface area contributed by atoms with Gasteiger partial charge in [0.25, 0.3) is 0 Å². The third kappa shape index (κ3) is 4.29. The van der Waals surface area contributed by atoms with Gasteiger partial charge in [0.2, 0.25) is 0 Å². The fraction of sp³-hybridized carbons (Fsp3) is 0. The van der Waals surface area contributed by atoms with E-state index in [1.165, 1.54) is 6.08 Å². The summed E-state index contributed by atoms with van der Waals surface area (Å²) in [6.07, 6.45) is 2.52. The van der Waals surface area contributed by atoms with Gasteiger partial charge in [-0.3, -0.25) is 0 Å². The van der Waals surface area contributed by atoms with E-state index >= 15 is 0 Å². The molecule has 1 aromatic rings. The number of carboxylic acid groups (broad SMARTS) is 1. The number of halogens is 1. The first-order valence-corrected chi connectivity index (χ1v) is 3.73. The van der Waals surface area contributed by atoms with Gasteiger partial charge >= 0.3 is 5.97 Å². The number of aliphatic carboxylic acids is 1. The summed E-state index contributed by atoms with van der Waals surface area (Å²) >= 11 is 5.76. The Morgan fingerprint density at radius 1 is 1.38 bits per heavy atom. The topological polar surface area (TPSA) is 37.3 Å². The third-order valence-electron chi connectivity index (χ3n) is 1.31. The maximum atomic E-state index is 10.2. The average Bonchev–Trinajstić information content (AvgIpc) is 2.03. The summed E-state index contributed by atoms with van der Waals surface area (Å²) in [5.41, 5.74) is 0.710. The third-order valence-corrected chi connectivity index (χ3v) is 1.65. The zero-order chi connectivity index (χ0) is 8.97.